The number of nitro benzene ring substituents is 1. The molecule has 8 nitrogen and oxygen atoms in total. The zero-order valence-corrected chi connectivity index (χ0v) is 17.0. The molecule has 0 bridgehead atoms. The van der Waals surface area contributed by atoms with Crippen molar-refractivity contribution >= 4 is 29.0 Å². The van der Waals surface area contributed by atoms with Gasteiger partial charge in [-0.2, -0.15) is 0 Å². The van der Waals surface area contributed by atoms with Crippen molar-refractivity contribution in [2.45, 2.75) is 6.54 Å². The minimum absolute atomic E-state index is 0.0545. The highest BCUT2D eigenvalue weighted by molar-refractivity contribution is 5.98. The van der Waals surface area contributed by atoms with Crippen LogP contribution in [0.25, 0.3) is 0 Å². The number of hydrogen-bond donors (Lipinski definition) is 0. The van der Waals surface area contributed by atoms with Crippen molar-refractivity contribution in [2.75, 3.05) is 19.1 Å². The Hall–Kier alpha value is -4.20. The molecule has 0 saturated carbocycles. The van der Waals surface area contributed by atoms with E-state index in [9.17, 15) is 19.7 Å². The van der Waals surface area contributed by atoms with Gasteiger partial charge in [0.25, 0.3) is 5.69 Å². The summed E-state index contributed by atoms with van der Waals surface area (Å²) in [5.41, 5.74) is 1.54. The van der Waals surface area contributed by atoms with Gasteiger partial charge in [0.1, 0.15) is 5.69 Å². The number of para-hydroxylation sites is 1. The topological polar surface area (TPSA) is 99.0 Å². The van der Waals surface area contributed by atoms with Crippen molar-refractivity contribution in [3.63, 3.8) is 0 Å². The molecule has 158 valence electrons. The van der Waals surface area contributed by atoms with Gasteiger partial charge in [-0.15, -0.1) is 0 Å². The molecule has 0 heterocycles. The molecule has 8 heteroatoms. The van der Waals surface area contributed by atoms with Crippen LogP contribution in [0.4, 0.5) is 17.1 Å². The quantitative estimate of drug-likeness (QED) is 0.315. The fourth-order valence-corrected chi connectivity index (χ4v) is 3.20. The summed E-state index contributed by atoms with van der Waals surface area (Å²) in [6.07, 6.45) is 0. The van der Waals surface area contributed by atoms with E-state index in [-0.39, 0.29) is 29.0 Å². The van der Waals surface area contributed by atoms with Gasteiger partial charge in [0.05, 0.1) is 36.0 Å². The van der Waals surface area contributed by atoms with Gasteiger partial charge in [-0.05, 0) is 29.8 Å². The smallest absolute Gasteiger partial charge is 0.339 e. The van der Waals surface area contributed by atoms with Crippen molar-refractivity contribution in [3.05, 3.63) is 99.6 Å². The second-order valence-corrected chi connectivity index (χ2v) is 6.53. The third-order valence-electron chi connectivity index (χ3n) is 4.67. The highest BCUT2D eigenvalue weighted by Crippen LogP contribution is 2.37. The molecule has 0 aliphatic rings. The molecule has 3 rings (SSSR count). The lowest BCUT2D eigenvalue weighted by Crippen LogP contribution is -2.21. The van der Waals surface area contributed by atoms with Crippen LogP contribution in [0, 0.1) is 10.1 Å². The van der Waals surface area contributed by atoms with Crippen LogP contribution in [0.15, 0.2) is 72.8 Å². The molecule has 0 radical (unpaired) electrons. The van der Waals surface area contributed by atoms with E-state index in [0.717, 1.165) is 5.56 Å². The van der Waals surface area contributed by atoms with Crippen molar-refractivity contribution < 1.29 is 24.0 Å². The molecular formula is C23H20N2O6. The van der Waals surface area contributed by atoms with E-state index in [4.69, 9.17) is 4.74 Å². The molecule has 0 saturated heterocycles. The Morgan fingerprint density at radius 1 is 0.871 bits per heavy atom. The summed E-state index contributed by atoms with van der Waals surface area (Å²) >= 11 is 0. The van der Waals surface area contributed by atoms with Crippen LogP contribution in [0.3, 0.4) is 0 Å². The van der Waals surface area contributed by atoms with E-state index < -0.39 is 16.9 Å². The molecule has 0 N–H and O–H groups in total. The third-order valence-corrected chi connectivity index (χ3v) is 4.67. The number of hydrogen-bond acceptors (Lipinski definition) is 7. The zero-order valence-electron chi connectivity index (χ0n) is 17.0. The average Bonchev–Trinajstić information content (AvgIpc) is 2.81. The first-order valence-corrected chi connectivity index (χ1v) is 9.31. The first-order valence-electron chi connectivity index (χ1n) is 9.31. The maximum atomic E-state index is 12.4. The van der Waals surface area contributed by atoms with Crippen LogP contribution in [0.5, 0.6) is 0 Å². The Labute approximate surface area is 178 Å². The van der Waals surface area contributed by atoms with Crippen molar-refractivity contribution in [1.82, 2.24) is 0 Å². The number of rotatable bonds is 7. The molecule has 3 aromatic carbocycles. The summed E-state index contributed by atoms with van der Waals surface area (Å²) in [4.78, 5) is 37.2. The summed E-state index contributed by atoms with van der Waals surface area (Å²) < 4.78 is 9.58. The first kappa shape index (κ1) is 21.5. The molecule has 0 aliphatic heterocycles. The zero-order chi connectivity index (χ0) is 22.4. The van der Waals surface area contributed by atoms with Crippen molar-refractivity contribution in [2.24, 2.45) is 0 Å². The number of carbonyl (C=O) groups excluding carboxylic acids is 2. The van der Waals surface area contributed by atoms with E-state index in [1.807, 2.05) is 30.3 Å². The largest absolute Gasteiger partial charge is 0.465 e. The Balaban J connectivity index is 2.22. The lowest BCUT2D eigenvalue weighted by molar-refractivity contribution is -0.384. The van der Waals surface area contributed by atoms with Gasteiger partial charge in [-0.1, -0.05) is 42.5 Å². The fraction of sp³-hybridized carbons (Fsp3) is 0.130. The normalized spacial score (nSPS) is 10.3. The van der Waals surface area contributed by atoms with E-state index in [0.29, 0.717) is 5.69 Å². The molecule has 0 unspecified atom stereocenters. The van der Waals surface area contributed by atoms with Crippen molar-refractivity contribution in [3.8, 4) is 0 Å². The standard InChI is InChI=1S/C23H20N2O6/c1-30-22(26)17-12-13-20(21(14-17)25(28)29)24(15-16-8-4-3-5-9-16)19-11-7-6-10-18(19)23(27)31-2/h3-14H,15H2,1-2H3. The number of methoxy groups -OCH3 is 2. The maximum Gasteiger partial charge on any atom is 0.339 e. The first-order chi connectivity index (χ1) is 15.0. The highest BCUT2D eigenvalue weighted by Gasteiger charge is 2.26. The van der Waals surface area contributed by atoms with Crippen LogP contribution < -0.4 is 4.90 Å². The fourth-order valence-electron chi connectivity index (χ4n) is 3.20. The SMILES string of the molecule is COC(=O)c1ccc(N(Cc2ccccc2)c2ccccc2C(=O)OC)c([N+](=O)[O-])c1. The minimum atomic E-state index is -0.681. The number of nitrogens with zero attached hydrogens (tertiary/aromatic N) is 2. The number of esters is 2. The lowest BCUT2D eigenvalue weighted by Gasteiger charge is -2.26. The van der Waals surface area contributed by atoms with Crippen LogP contribution in [-0.2, 0) is 16.0 Å². The van der Waals surface area contributed by atoms with Crippen LogP contribution >= 0.6 is 0 Å². The summed E-state index contributed by atoms with van der Waals surface area (Å²) in [5.74, 6) is -1.25. The predicted molar refractivity (Wildman–Crippen MR) is 115 cm³/mol. The predicted octanol–water partition coefficient (Wildman–Crippen LogP) is 4.51. The monoisotopic (exact) mass is 420 g/mol. The second kappa shape index (κ2) is 9.53. The maximum absolute atomic E-state index is 12.4. The summed E-state index contributed by atoms with van der Waals surface area (Å²) in [6, 6.07) is 20.1. The molecular weight excluding hydrogens is 400 g/mol. The third kappa shape index (κ3) is 4.69. The molecule has 0 aromatic heterocycles. The summed E-state index contributed by atoms with van der Waals surface area (Å²) in [7, 11) is 2.48. The van der Waals surface area contributed by atoms with E-state index >= 15 is 0 Å². The van der Waals surface area contributed by atoms with Crippen LogP contribution in [0.1, 0.15) is 26.3 Å². The van der Waals surface area contributed by atoms with Gasteiger partial charge < -0.3 is 14.4 Å². The number of carbonyl (C=O) groups is 2. The Morgan fingerprint density at radius 2 is 1.52 bits per heavy atom. The Morgan fingerprint density at radius 3 is 2.16 bits per heavy atom. The molecule has 3 aromatic rings. The van der Waals surface area contributed by atoms with E-state index in [2.05, 4.69) is 4.74 Å². The van der Waals surface area contributed by atoms with Crippen LogP contribution in [0.2, 0.25) is 0 Å². The van der Waals surface area contributed by atoms with Gasteiger partial charge >= 0.3 is 11.9 Å². The molecule has 0 fully saturated rings. The Kier molecular flexibility index (Phi) is 6.61. The number of benzene rings is 3. The molecule has 31 heavy (non-hydrogen) atoms. The van der Waals surface area contributed by atoms with E-state index in [1.54, 1.807) is 29.2 Å². The van der Waals surface area contributed by atoms with Gasteiger partial charge in [0.2, 0.25) is 0 Å². The number of ether oxygens (including phenoxy) is 2. The van der Waals surface area contributed by atoms with Gasteiger partial charge in [-0.25, -0.2) is 9.59 Å². The lowest BCUT2D eigenvalue weighted by atomic mass is 10.1. The number of anilines is 2. The molecule has 0 atom stereocenters. The minimum Gasteiger partial charge on any atom is -0.465 e. The molecule has 0 amide bonds. The summed E-state index contributed by atoms with van der Waals surface area (Å²) in [6.45, 7) is 0.243. The molecule has 0 aliphatic carbocycles. The van der Waals surface area contributed by atoms with Crippen LogP contribution in [-0.4, -0.2) is 31.1 Å². The number of nitro groups is 1. The molecule has 0 spiro atoms. The average molecular weight is 420 g/mol. The van der Waals surface area contributed by atoms with Gasteiger partial charge in [-0.3, -0.25) is 10.1 Å². The van der Waals surface area contributed by atoms with Gasteiger partial charge in [0.15, 0.2) is 0 Å². The second-order valence-electron chi connectivity index (χ2n) is 6.53. The highest BCUT2D eigenvalue weighted by atomic mass is 16.6. The Bertz CT molecular complexity index is 1110. The summed E-state index contributed by atoms with van der Waals surface area (Å²) in [5, 5.41) is 11.9. The van der Waals surface area contributed by atoms with E-state index in [1.165, 1.54) is 32.4 Å². The van der Waals surface area contributed by atoms with Crippen molar-refractivity contribution in [1.29, 1.82) is 0 Å². The van der Waals surface area contributed by atoms with Gasteiger partial charge in [0, 0.05) is 12.6 Å².